The third kappa shape index (κ3) is 2.49. The van der Waals surface area contributed by atoms with E-state index in [0.717, 1.165) is 0 Å². The van der Waals surface area contributed by atoms with E-state index in [4.69, 9.17) is 5.11 Å². The molecule has 27 heavy (non-hydrogen) atoms. The molecule has 4 rings (SSSR count). The van der Waals surface area contributed by atoms with Crippen LogP contribution in [-0.4, -0.2) is 32.8 Å². The van der Waals surface area contributed by atoms with Gasteiger partial charge in [0.05, 0.1) is 19.3 Å². The van der Waals surface area contributed by atoms with E-state index in [1.165, 1.54) is 22.9 Å². The Labute approximate surface area is 153 Å². The van der Waals surface area contributed by atoms with Crippen LogP contribution in [0.5, 0.6) is 0 Å². The highest BCUT2D eigenvalue weighted by atomic mass is 19.4. The summed E-state index contributed by atoms with van der Waals surface area (Å²) in [6, 6.07) is 9.24. The molecule has 0 fully saturated rings. The van der Waals surface area contributed by atoms with E-state index in [2.05, 4.69) is 5.10 Å². The lowest BCUT2D eigenvalue weighted by Gasteiger charge is -2.28. The second kappa shape index (κ2) is 5.94. The van der Waals surface area contributed by atoms with Gasteiger partial charge in [0.15, 0.2) is 0 Å². The van der Waals surface area contributed by atoms with Crippen LogP contribution >= 0.6 is 0 Å². The number of fused-ring (bicyclic) bond motifs is 3. The molecule has 7 heteroatoms. The van der Waals surface area contributed by atoms with Gasteiger partial charge in [0.25, 0.3) is 0 Å². The van der Waals surface area contributed by atoms with Crippen molar-refractivity contribution >= 4 is 0 Å². The zero-order valence-corrected chi connectivity index (χ0v) is 14.5. The van der Waals surface area contributed by atoms with Crippen molar-refractivity contribution in [3.63, 3.8) is 0 Å². The lowest BCUT2D eigenvalue weighted by Crippen LogP contribution is -2.41. The molecule has 1 aromatic heterocycles. The number of aromatic nitrogens is 2. The summed E-state index contributed by atoms with van der Waals surface area (Å²) in [4.78, 5) is 0. The predicted octanol–water partition coefficient (Wildman–Crippen LogP) is 3.63. The summed E-state index contributed by atoms with van der Waals surface area (Å²) in [5.41, 5.74) is -0.860. The van der Waals surface area contributed by atoms with Crippen molar-refractivity contribution in [3.8, 4) is 22.3 Å². The molecule has 3 aromatic rings. The number of hydrogen-bond donors (Lipinski definition) is 2. The number of hydrogen-bond acceptors (Lipinski definition) is 3. The molecule has 1 aliphatic carbocycles. The van der Waals surface area contributed by atoms with E-state index in [9.17, 15) is 18.3 Å². The van der Waals surface area contributed by atoms with Crippen LogP contribution in [0.4, 0.5) is 13.2 Å². The molecule has 140 valence electrons. The number of alkyl halides is 3. The molecule has 4 nitrogen and oxygen atoms in total. The Morgan fingerprint density at radius 1 is 1.11 bits per heavy atom. The predicted molar refractivity (Wildman–Crippen MR) is 94.0 cm³/mol. The standard InChI is InChI=1S/C20H17F3N2O2/c1-12-8-15(13-10-24-25(11-13)6-7-26)18-14-4-2-3-5-16(14)19(27,17(18)9-12)20(21,22)23/h2-5,8-11,26-27H,6-7H2,1H3/t19-/m0/s1. The first kappa shape index (κ1) is 17.8. The number of nitrogens with zero attached hydrogens (tertiary/aromatic N) is 2. The van der Waals surface area contributed by atoms with E-state index >= 15 is 0 Å². The number of aliphatic hydroxyl groups is 2. The lowest BCUT2D eigenvalue weighted by molar-refractivity contribution is -0.246. The van der Waals surface area contributed by atoms with Crippen molar-refractivity contribution in [2.45, 2.75) is 25.2 Å². The van der Waals surface area contributed by atoms with Crippen LogP contribution < -0.4 is 0 Å². The van der Waals surface area contributed by atoms with Gasteiger partial charge < -0.3 is 10.2 Å². The molecule has 1 atom stereocenters. The minimum atomic E-state index is -4.86. The van der Waals surface area contributed by atoms with Crippen molar-refractivity contribution in [1.82, 2.24) is 9.78 Å². The van der Waals surface area contributed by atoms with E-state index in [0.29, 0.717) is 27.8 Å². The Kier molecular flexibility index (Phi) is 3.90. The maximum Gasteiger partial charge on any atom is 0.425 e. The van der Waals surface area contributed by atoms with Crippen LogP contribution in [0.25, 0.3) is 22.3 Å². The average molecular weight is 374 g/mol. The summed E-state index contributed by atoms with van der Waals surface area (Å²) < 4.78 is 43.5. The van der Waals surface area contributed by atoms with Gasteiger partial charge in [-0.3, -0.25) is 4.68 Å². The van der Waals surface area contributed by atoms with E-state index in [1.807, 2.05) is 0 Å². The number of aryl methyl sites for hydroxylation is 1. The van der Waals surface area contributed by atoms with Gasteiger partial charge in [-0.2, -0.15) is 18.3 Å². The van der Waals surface area contributed by atoms with Gasteiger partial charge in [0.2, 0.25) is 5.60 Å². The molecule has 2 aromatic carbocycles. The highest BCUT2D eigenvalue weighted by Gasteiger charge is 2.61. The van der Waals surface area contributed by atoms with Crippen molar-refractivity contribution < 1.29 is 23.4 Å². The van der Waals surface area contributed by atoms with Gasteiger partial charge in [0, 0.05) is 22.9 Å². The monoisotopic (exact) mass is 374 g/mol. The molecule has 0 unspecified atom stereocenters. The third-order valence-electron chi connectivity index (χ3n) is 4.94. The molecule has 2 N–H and O–H groups in total. The van der Waals surface area contributed by atoms with Gasteiger partial charge in [0.1, 0.15) is 0 Å². The Bertz CT molecular complexity index is 1030. The van der Waals surface area contributed by atoms with Crippen LogP contribution in [-0.2, 0) is 12.1 Å². The number of rotatable bonds is 3. The van der Waals surface area contributed by atoms with E-state index in [-0.39, 0.29) is 24.3 Å². The minimum Gasteiger partial charge on any atom is -0.394 e. The molecule has 0 amide bonds. The van der Waals surface area contributed by atoms with Crippen molar-refractivity contribution in [2.24, 2.45) is 0 Å². The zero-order valence-electron chi connectivity index (χ0n) is 14.5. The third-order valence-corrected chi connectivity index (χ3v) is 4.94. The first-order chi connectivity index (χ1) is 12.8. The molecular formula is C20H17F3N2O2. The molecule has 0 bridgehead atoms. The van der Waals surface area contributed by atoms with Gasteiger partial charge in [-0.05, 0) is 23.6 Å². The number of aliphatic hydroxyl groups excluding tert-OH is 1. The van der Waals surface area contributed by atoms with Gasteiger partial charge in [-0.15, -0.1) is 0 Å². The molecular weight excluding hydrogens is 357 g/mol. The second-order valence-corrected chi connectivity index (χ2v) is 6.70. The maximum absolute atomic E-state index is 14.0. The Balaban J connectivity index is 2.04. The Morgan fingerprint density at radius 2 is 1.85 bits per heavy atom. The van der Waals surface area contributed by atoms with Crippen LogP contribution in [0.1, 0.15) is 16.7 Å². The fourth-order valence-electron chi connectivity index (χ4n) is 3.78. The summed E-state index contributed by atoms with van der Waals surface area (Å²) in [6.45, 7) is 1.89. The van der Waals surface area contributed by atoms with Gasteiger partial charge in [-0.25, -0.2) is 0 Å². The lowest BCUT2D eigenvalue weighted by atomic mass is 9.88. The number of halogens is 3. The first-order valence-corrected chi connectivity index (χ1v) is 8.45. The zero-order chi connectivity index (χ0) is 19.4. The summed E-state index contributed by atoms with van der Waals surface area (Å²) >= 11 is 0. The summed E-state index contributed by atoms with van der Waals surface area (Å²) in [5, 5.41) is 24.1. The smallest absolute Gasteiger partial charge is 0.394 e. The van der Waals surface area contributed by atoms with Gasteiger partial charge >= 0.3 is 6.18 Å². The SMILES string of the molecule is Cc1cc(-c2cnn(CCO)c2)c2c(c1)[C@](O)(C(F)(F)F)c1ccccc1-2. The molecule has 0 saturated carbocycles. The molecule has 0 spiro atoms. The quantitative estimate of drug-likeness (QED) is 0.736. The Morgan fingerprint density at radius 3 is 2.56 bits per heavy atom. The van der Waals surface area contributed by atoms with Crippen LogP contribution in [0.2, 0.25) is 0 Å². The molecule has 1 aliphatic rings. The van der Waals surface area contributed by atoms with Crippen molar-refractivity contribution in [1.29, 1.82) is 0 Å². The van der Waals surface area contributed by atoms with Crippen LogP contribution in [0.15, 0.2) is 48.8 Å². The first-order valence-electron chi connectivity index (χ1n) is 8.45. The number of benzene rings is 2. The Hall–Kier alpha value is -2.64. The summed E-state index contributed by atoms with van der Waals surface area (Å²) in [7, 11) is 0. The average Bonchev–Trinajstić information content (AvgIpc) is 3.17. The fourth-order valence-corrected chi connectivity index (χ4v) is 3.78. The summed E-state index contributed by atoms with van der Waals surface area (Å²) in [5.74, 6) is 0. The molecule has 0 aliphatic heterocycles. The second-order valence-electron chi connectivity index (χ2n) is 6.70. The summed E-state index contributed by atoms with van der Waals surface area (Å²) in [6.07, 6.45) is -1.63. The molecule has 0 radical (unpaired) electrons. The highest BCUT2D eigenvalue weighted by molar-refractivity contribution is 5.92. The molecule has 0 saturated heterocycles. The normalized spacial score (nSPS) is 18.4. The fraction of sp³-hybridized carbons (Fsp3) is 0.250. The van der Waals surface area contributed by atoms with Crippen molar-refractivity contribution in [2.75, 3.05) is 6.61 Å². The highest BCUT2D eigenvalue weighted by Crippen LogP contribution is 2.57. The van der Waals surface area contributed by atoms with E-state index < -0.39 is 11.8 Å². The van der Waals surface area contributed by atoms with Gasteiger partial charge in [-0.1, -0.05) is 42.0 Å². The topological polar surface area (TPSA) is 58.3 Å². The van der Waals surface area contributed by atoms with Crippen LogP contribution in [0, 0.1) is 6.92 Å². The minimum absolute atomic E-state index is 0.0935. The molecule has 1 heterocycles. The van der Waals surface area contributed by atoms with Crippen LogP contribution in [0.3, 0.4) is 0 Å². The largest absolute Gasteiger partial charge is 0.425 e. The van der Waals surface area contributed by atoms with Crippen molar-refractivity contribution in [3.05, 3.63) is 65.5 Å². The maximum atomic E-state index is 14.0. The van der Waals surface area contributed by atoms with E-state index in [1.54, 1.807) is 37.5 Å².